The van der Waals surface area contributed by atoms with Crippen LogP contribution in [0.1, 0.15) is 30.9 Å². The summed E-state index contributed by atoms with van der Waals surface area (Å²) in [6, 6.07) is 15.8. The average Bonchev–Trinajstić information content (AvgIpc) is 3.39. The molecule has 1 atom stereocenters. The van der Waals surface area contributed by atoms with Gasteiger partial charge in [0.1, 0.15) is 11.5 Å². The van der Waals surface area contributed by atoms with Gasteiger partial charge >= 0.3 is 6.03 Å². The second-order valence-corrected chi connectivity index (χ2v) is 6.09. The van der Waals surface area contributed by atoms with Crippen LogP contribution in [-0.2, 0) is 4.79 Å². The molecule has 0 radical (unpaired) electrons. The summed E-state index contributed by atoms with van der Waals surface area (Å²) in [5.41, 5.74) is 6.03. The van der Waals surface area contributed by atoms with Crippen molar-refractivity contribution in [1.82, 2.24) is 10.6 Å². The minimum Gasteiger partial charge on any atom is -0.457 e. The number of amides is 3. The fraction of sp³-hybridized carbons (Fsp3) is 0.263. The zero-order valence-electron chi connectivity index (χ0n) is 13.8. The monoisotopic (exact) mass is 339 g/mol. The molecule has 1 fully saturated rings. The van der Waals surface area contributed by atoms with Crippen molar-refractivity contribution in [2.75, 3.05) is 0 Å². The molecule has 1 saturated carbocycles. The van der Waals surface area contributed by atoms with E-state index in [-0.39, 0.29) is 18.4 Å². The van der Waals surface area contributed by atoms with Crippen molar-refractivity contribution < 1.29 is 14.3 Å². The maximum Gasteiger partial charge on any atom is 0.312 e. The molecule has 130 valence electrons. The number of rotatable bonds is 7. The summed E-state index contributed by atoms with van der Waals surface area (Å²) in [4.78, 5) is 23.4. The smallest absolute Gasteiger partial charge is 0.312 e. The first-order valence-electron chi connectivity index (χ1n) is 8.28. The fourth-order valence-corrected chi connectivity index (χ4v) is 2.54. The normalized spacial score (nSPS) is 14.4. The summed E-state index contributed by atoms with van der Waals surface area (Å²) >= 11 is 0. The summed E-state index contributed by atoms with van der Waals surface area (Å²) in [6.07, 6.45) is 2.16. The van der Waals surface area contributed by atoms with Crippen LogP contribution in [0.5, 0.6) is 11.5 Å². The van der Waals surface area contributed by atoms with Crippen LogP contribution < -0.4 is 21.1 Å². The molecule has 4 N–H and O–H groups in total. The zero-order valence-corrected chi connectivity index (χ0v) is 13.8. The molecular weight excluding hydrogens is 318 g/mol. The second-order valence-electron chi connectivity index (χ2n) is 6.09. The molecule has 2 aromatic rings. The van der Waals surface area contributed by atoms with Crippen molar-refractivity contribution in [3.05, 3.63) is 60.2 Å². The van der Waals surface area contributed by atoms with Gasteiger partial charge in [0.25, 0.3) is 0 Å². The van der Waals surface area contributed by atoms with Gasteiger partial charge in [-0.3, -0.25) is 4.79 Å². The highest BCUT2D eigenvalue weighted by molar-refractivity contribution is 5.79. The highest BCUT2D eigenvalue weighted by Gasteiger charge is 2.25. The Labute approximate surface area is 146 Å². The highest BCUT2D eigenvalue weighted by atomic mass is 16.5. The third-order valence-electron chi connectivity index (χ3n) is 3.89. The molecule has 0 heterocycles. The van der Waals surface area contributed by atoms with Crippen molar-refractivity contribution in [3.8, 4) is 11.5 Å². The topological polar surface area (TPSA) is 93.5 Å². The van der Waals surface area contributed by atoms with Crippen LogP contribution in [0.4, 0.5) is 4.79 Å². The van der Waals surface area contributed by atoms with Crippen molar-refractivity contribution in [1.29, 1.82) is 0 Å². The van der Waals surface area contributed by atoms with E-state index in [4.69, 9.17) is 10.5 Å². The number of primary amides is 1. The van der Waals surface area contributed by atoms with E-state index in [0.717, 1.165) is 18.4 Å². The Morgan fingerprint density at radius 2 is 1.80 bits per heavy atom. The van der Waals surface area contributed by atoms with Gasteiger partial charge in [-0.05, 0) is 42.7 Å². The molecule has 6 nitrogen and oxygen atoms in total. The number of carbonyl (C=O) groups is 2. The van der Waals surface area contributed by atoms with Crippen LogP contribution in [0.25, 0.3) is 0 Å². The highest BCUT2D eigenvalue weighted by Crippen LogP contribution is 2.26. The second kappa shape index (κ2) is 7.70. The third kappa shape index (κ3) is 5.24. The van der Waals surface area contributed by atoms with Crippen LogP contribution >= 0.6 is 0 Å². The van der Waals surface area contributed by atoms with Crippen LogP contribution in [0, 0.1) is 0 Å². The van der Waals surface area contributed by atoms with E-state index in [2.05, 4.69) is 10.6 Å². The van der Waals surface area contributed by atoms with Crippen LogP contribution in [0.15, 0.2) is 54.6 Å². The van der Waals surface area contributed by atoms with Crippen LogP contribution in [-0.4, -0.2) is 18.0 Å². The summed E-state index contributed by atoms with van der Waals surface area (Å²) in [5.74, 6) is 1.24. The predicted molar refractivity (Wildman–Crippen MR) is 94.2 cm³/mol. The summed E-state index contributed by atoms with van der Waals surface area (Å²) in [6.45, 7) is 0. The van der Waals surface area contributed by atoms with E-state index in [9.17, 15) is 9.59 Å². The number of nitrogens with two attached hydrogens (primary N) is 1. The third-order valence-corrected chi connectivity index (χ3v) is 3.89. The lowest BCUT2D eigenvalue weighted by Crippen LogP contribution is -2.37. The molecule has 1 aliphatic carbocycles. The molecule has 3 amide bonds. The lowest BCUT2D eigenvalue weighted by atomic mass is 10.0. The summed E-state index contributed by atoms with van der Waals surface area (Å²) < 4.78 is 5.81. The molecule has 25 heavy (non-hydrogen) atoms. The molecule has 3 rings (SSSR count). The first-order chi connectivity index (χ1) is 12.1. The Balaban J connectivity index is 1.73. The molecule has 1 unspecified atom stereocenters. The number of hydrogen-bond acceptors (Lipinski definition) is 3. The number of urea groups is 1. The standard InChI is InChI=1S/C19H21N3O3/c20-19(24)22-17(12-18(23)21-14-9-10-14)13-5-4-8-16(11-13)25-15-6-2-1-3-7-15/h1-8,11,14,17H,9-10,12H2,(H,21,23)(H3,20,22,24). The lowest BCUT2D eigenvalue weighted by molar-refractivity contribution is -0.121. The number of benzene rings is 2. The van der Waals surface area contributed by atoms with E-state index >= 15 is 0 Å². The predicted octanol–water partition coefficient (Wildman–Crippen LogP) is 2.86. The molecule has 0 spiro atoms. The molecule has 0 bridgehead atoms. The van der Waals surface area contributed by atoms with Gasteiger partial charge < -0.3 is 21.1 Å². The van der Waals surface area contributed by atoms with Crippen molar-refractivity contribution in [2.45, 2.75) is 31.3 Å². The van der Waals surface area contributed by atoms with Gasteiger partial charge in [-0.1, -0.05) is 30.3 Å². The van der Waals surface area contributed by atoms with Gasteiger partial charge in [0.2, 0.25) is 5.91 Å². The van der Waals surface area contributed by atoms with E-state index in [1.807, 2.05) is 48.5 Å². The lowest BCUT2D eigenvalue weighted by Gasteiger charge is -2.18. The van der Waals surface area contributed by atoms with E-state index < -0.39 is 12.1 Å². The quantitative estimate of drug-likeness (QED) is 0.724. The fourth-order valence-electron chi connectivity index (χ4n) is 2.54. The van der Waals surface area contributed by atoms with Crippen LogP contribution in [0.3, 0.4) is 0 Å². The van der Waals surface area contributed by atoms with Gasteiger partial charge in [-0.15, -0.1) is 0 Å². The molecule has 1 aliphatic rings. The first kappa shape index (κ1) is 16.8. The molecule has 2 aromatic carbocycles. The number of para-hydroxylation sites is 1. The summed E-state index contributed by atoms with van der Waals surface area (Å²) in [7, 11) is 0. The Kier molecular flexibility index (Phi) is 5.18. The van der Waals surface area contributed by atoms with Gasteiger partial charge in [0.05, 0.1) is 12.5 Å². The van der Waals surface area contributed by atoms with Gasteiger partial charge in [-0.2, -0.15) is 0 Å². The SMILES string of the molecule is NC(=O)NC(CC(=O)NC1CC1)c1cccc(Oc2ccccc2)c1. The number of carbonyl (C=O) groups excluding carboxylic acids is 2. The molecular formula is C19H21N3O3. The Morgan fingerprint density at radius 1 is 1.08 bits per heavy atom. The van der Waals surface area contributed by atoms with Crippen molar-refractivity contribution >= 4 is 11.9 Å². The van der Waals surface area contributed by atoms with Gasteiger partial charge in [-0.25, -0.2) is 4.79 Å². The van der Waals surface area contributed by atoms with Crippen LogP contribution in [0.2, 0.25) is 0 Å². The largest absolute Gasteiger partial charge is 0.457 e. The molecule has 0 aliphatic heterocycles. The number of hydrogen-bond donors (Lipinski definition) is 3. The van der Waals surface area contributed by atoms with E-state index in [0.29, 0.717) is 11.5 Å². The minimum atomic E-state index is -0.668. The van der Waals surface area contributed by atoms with Gasteiger partial charge in [0, 0.05) is 6.04 Å². The number of ether oxygens (including phenoxy) is 1. The molecule has 0 saturated heterocycles. The molecule has 0 aromatic heterocycles. The maximum atomic E-state index is 12.1. The van der Waals surface area contributed by atoms with E-state index in [1.54, 1.807) is 6.07 Å². The average molecular weight is 339 g/mol. The van der Waals surface area contributed by atoms with Crippen molar-refractivity contribution in [3.63, 3.8) is 0 Å². The minimum absolute atomic E-state index is 0.101. The van der Waals surface area contributed by atoms with Gasteiger partial charge in [0.15, 0.2) is 0 Å². The maximum absolute atomic E-state index is 12.1. The molecule has 6 heteroatoms. The summed E-state index contributed by atoms with van der Waals surface area (Å²) in [5, 5.41) is 5.55. The Bertz CT molecular complexity index is 745. The van der Waals surface area contributed by atoms with E-state index in [1.165, 1.54) is 0 Å². The zero-order chi connectivity index (χ0) is 17.6. The number of nitrogens with one attached hydrogen (secondary N) is 2. The first-order valence-corrected chi connectivity index (χ1v) is 8.28. The Morgan fingerprint density at radius 3 is 2.48 bits per heavy atom. The van der Waals surface area contributed by atoms with Crippen molar-refractivity contribution in [2.24, 2.45) is 5.73 Å². The Hall–Kier alpha value is -3.02.